The zero-order valence-corrected chi connectivity index (χ0v) is 20.2. The van der Waals surface area contributed by atoms with Crippen molar-refractivity contribution in [1.82, 2.24) is 0 Å². The van der Waals surface area contributed by atoms with Gasteiger partial charge in [0.25, 0.3) is 0 Å². The Morgan fingerprint density at radius 3 is 2.07 bits per heavy atom. The molecular formula is C22H26Cl2F2N2S2. The van der Waals surface area contributed by atoms with Crippen LogP contribution >= 0.6 is 46.7 Å². The van der Waals surface area contributed by atoms with E-state index in [-0.39, 0.29) is 11.4 Å². The maximum Gasteiger partial charge on any atom is 0.149 e. The van der Waals surface area contributed by atoms with Gasteiger partial charge in [0.2, 0.25) is 0 Å². The molecule has 2 N–H and O–H groups in total. The van der Waals surface area contributed by atoms with Gasteiger partial charge in [-0.05, 0) is 43.0 Å². The van der Waals surface area contributed by atoms with Gasteiger partial charge in [-0.15, -0.1) is 23.5 Å². The Labute approximate surface area is 195 Å². The summed E-state index contributed by atoms with van der Waals surface area (Å²) in [5, 5.41) is 1.28. The van der Waals surface area contributed by atoms with Crippen LogP contribution in [0.25, 0.3) is 0 Å². The predicted molar refractivity (Wildman–Crippen MR) is 128 cm³/mol. The molecule has 1 fully saturated rings. The van der Waals surface area contributed by atoms with Gasteiger partial charge >= 0.3 is 0 Å². The van der Waals surface area contributed by atoms with Crippen molar-refractivity contribution in [1.29, 1.82) is 0 Å². The van der Waals surface area contributed by atoms with Crippen molar-refractivity contribution in [3.05, 3.63) is 45.9 Å². The minimum Gasteiger partial charge on any atom is -0.298 e. The number of hydrogen-bond acceptors (Lipinski definition) is 4. The Kier molecular flexibility index (Phi) is 8.87. The van der Waals surface area contributed by atoms with Gasteiger partial charge < -0.3 is 0 Å². The summed E-state index contributed by atoms with van der Waals surface area (Å²) in [7, 11) is 0. The first-order valence-electron chi connectivity index (χ1n) is 10.2. The van der Waals surface area contributed by atoms with E-state index in [0.717, 1.165) is 34.8 Å². The quantitative estimate of drug-likeness (QED) is 0.270. The summed E-state index contributed by atoms with van der Waals surface area (Å²) in [6.45, 7) is 4.30. The van der Waals surface area contributed by atoms with Crippen LogP contribution in [0.1, 0.15) is 46.0 Å². The highest BCUT2D eigenvalue weighted by molar-refractivity contribution is 8.00. The number of nitrogens with one attached hydrogen (secondary N) is 2. The molecule has 0 heterocycles. The molecule has 0 aromatic heterocycles. The standard InChI is InChI=1S/C22H26Cl2F2N2S2/c1-3-13(2)12-29-21-10-19(17(25)8-15(21)23)27-28-20-11-22(16(24)9-18(20)26)30-14-6-4-5-7-14/h8-11,13-14,27-28H,3-7,12H2,1-2H3. The first-order valence-corrected chi connectivity index (χ1v) is 12.8. The molecule has 0 bridgehead atoms. The van der Waals surface area contributed by atoms with Crippen LogP contribution in [-0.4, -0.2) is 11.0 Å². The summed E-state index contributed by atoms with van der Waals surface area (Å²) in [6.07, 6.45) is 5.79. The fourth-order valence-electron chi connectivity index (χ4n) is 3.12. The Hall–Kier alpha value is -0.820. The molecule has 1 atom stereocenters. The van der Waals surface area contributed by atoms with E-state index in [1.54, 1.807) is 35.7 Å². The Balaban J connectivity index is 1.72. The molecule has 3 rings (SSSR count). The number of hydrogen-bond donors (Lipinski definition) is 2. The van der Waals surface area contributed by atoms with Crippen LogP contribution in [0.5, 0.6) is 0 Å². The second-order valence-corrected chi connectivity index (χ2v) is 10.8. The molecule has 164 valence electrons. The maximum atomic E-state index is 14.4. The minimum atomic E-state index is -0.504. The van der Waals surface area contributed by atoms with Crippen LogP contribution in [0.2, 0.25) is 10.0 Å². The van der Waals surface area contributed by atoms with Crippen LogP contribution in [-0.2, 0) is 0 Å². The summed E-state index contributed by atoms with van der Waals surface area (Å²) in [6, 6.07) is 5.92. The molecule has 2 aromatic carbocycles. The summed E-state index contributed by atoms with van der Waals surface area (Å²) in [4.78, 5) is 1.62. The van der Waals surface area contributed by atoms with Crippen LogP contribution in [0.4, 0.5) is 20.2 Å². The van der Waals surface area contributed by atoms with Gasteiger partial charge in [-0.3, -0.25) is 10.9 Å². The molecule has 1 aliphatic rings. The molecular weight excluding hydrogens is 465 g/mol. The molecule has 2 nitrogen and oxygen atoms in total. The molecule has 0 saturated heterocycles. The minimum absolute atomic E-state index is 0.213. The lowest BCUT2D eigenvalue weighted by Crippen LogP contribution is -2.12. The van der Waals surface area contributed by atoms with E-state index >= 15 is 0 Å². The lowest BCUT2D eigenvalue weighted by molar-refractivity contribution is 0.626. The molecule has 1 aliphatic carbocycles. The third-order valence-corrected chi connectivity index (χ3v) is 8.82. The van der Waals surface area contributed by atoms with Crippen LogP contribution in [0.3, 0.4) is 0 Å². The highest BCUT2D eigenvalue weighted by Crippen LogP contribution is 2.40. The first kappa shape index (κ1) is 23.8. The second-order valence-electron chi connectivity index (χ2n) is 7.62. The van der Waals surface area contributed by atoms with E-state index in [1.807, 2.05) is 0 Å². The van der Waals surface area contributed by atoms with E-state index in [9.17, 15) is 8.78 Å². The molecule has 8 heteroatoms. The number of thioether (sulfide) groups is 2. The van der Waals surface area contributed by atoms with Crippen LogP contribution in [0.15, 0.2) is 34.1 Å². The van der Waals surface area contributed by atoms with Crippen molar-refractivity contribution >= 4 is 58.1 Å². The van der Waals surface area contributed by atoms with Gasteiger partial charge in [0, 0.05) is 20.8 Å². The third-order valence-electron chi connectivity index (χ3n) is 5.19. The van der Waals surface area contributed by atoms with E-state index in [2.05, 4.69) is 24.7 Å². The van der Waals surface area contributed by atoms with Gasteiger partial charge in [0.15, 0.2) is 0 Å². The van der Waals surface area contributed by atoms with Gasteiger partial charge in [0.05, 0.1) is 21.4 Å². The predicted octanol–water partition coefficient (Wildman–Crippen LogP) is 8.88. The van der Waals surface area contributed by atoms with Crippen molar-refractivity contribution in [3.8, 4) is 0 Å². The van der Waals surface area contributed by atoms with Crippen LogP contribution in [0, 0.1) is 17.6 Å². The van der Waals surface area contributed by atoms with Crippen molar-refractivity contribution < 1.29 is 8.78 Å². The van der Waals surface area contributed by atoms with Gasteiger partial charge in [-0.1, -0.05) is 56.3 Å². The number of hydrazine groups is 1. The Morgan fingerprint density at radius 1 is 0.967 bits per heavy atom. The number of benzene rings is 2. The lowest BCUT2D eigenvalue weighted by atomic mass is 10.2. The molecule has 1 unspecified atom stereocenters. The zero-order valence-electron chi connectivity index (χ0n) is 17.0. The summed E-state index contributed by atoms with van der Waals surface area (Å²) >= 11 is 15.7. The summed E-state index contributed by atoms with van der Waals surface area (Å²) < 4.78 is 28.8. The SMILES string of the molecule is CCC(C)CSc1cc(NNc2cc(SC3CCCC3)c(Cl)cc2F)c(F)cc1Cl. The number of anilines is 2. The van der Waals surface area contributed by atoms with E-state index < -0.39 is 11.6 Å². The first-order chi connectivity index (χ1) is 14.4. The van der Waals surface area contributed by atoms with Crippen molar-refractivity contribution in [3.63, 3.8) is 0 Å². The number of rotatable bonds is 9. The zero-order chi connectivity index (χ0) is 21.7. The van der Waals surface area contributed by atoms with Crippen LogP contribution < -0.4 is 10.9 Å². The molecule has 1 saturated carbocycles. The normalized spacial score (nSPS) is 15.4. The van der Waals surface area contributed by atoms with Gasteiger partial charge in [-0.25, -0.2) is 8.78 Å². The Bertz CT molecular complexity index is 877. The molecule has 0 amide bonds. The monoisotopic (exact) mass is 490 g/mol. The molecule has 2 aromatic rings. The van der Waals surface area contributed by atoms with Crippen molar-refractivity contribution in [2.24, 2.45) is 5.92 Å². The average Bonchev–Trinajstić information content (AvgIpc) is 3.22. The van der Waals surface area contributed by atoms with Gasteiger partial charge in [0.1, 0.15) is 11.6 Å². The molecule has 30 heavy (non-hydrogen) atoms. The molecule has 0 spiro atoms. The highest BCUT2D eigenvalue weighted by Gasteiger charge is 2.19. The fraction of sp³-hybridized carbons (Fsp3) is 0.455. The largest absolute Gasteiger partial charge is 0.298 e. The van der Waals surface area contributed by atoms with E-state index in [0.29, 0.717) is 21.2 Å². The third kappa shape index (κ3) is 6.35. The molecule has 0 aliphatic heterocycles. The highest BCUT2D eigenvalue weighted by atomic mass is 35.5. The van der Waals surface area contributed by atoms with Crippen molar-refractivity contribution in [2.45, 2.75) is 61.0 Å². The maximum absolute atomic E-state index is 14.4. The molecule has 0 radical (unpaired) electrons. The topological polar surface area (TPSA) is 24.1 Å². The average molecular weight is 492 g/mol. The van der Waals surface area contributed by atoms with Crippen molar-refractivity contribution in [2.75, 3.05) is 16.6 Å². The van der Waals surface area contributed by atoms with E-state index in [1.165, 1.54) is 25.0 Å². The Morgan fingerprint density at radius 2 is 1.50 bits per heavy atom. The summed E-state index contributed by atoms with van der Waals surface area (Å²) in [5.41, 5.74) is 6.02. The lowest BCUT2D eigenvalue weighted by Gasteiger charge is -2.16. The summed E-state index contributed by atoms with van der Waals surface area (Å²) in [5.74, 6) is 0.423. The smallest absolute Gasteiger partial charge is 0.149 e. The number of halogens is 4. The van der Waals surface area contributed by atoms with E-state index in [4.69, 9.17) is 23.2 Å². The van der Waals surface area contributed by atoms with Gasteiger partial charge in [-0.2, -0.15) is 0 Å². The second kappa shape index (κ2) is 11.2. The fourth-order valence-corrected chi connectivity index (χ4v) is 6.10.